The third-order valence-corrected chi connectivity index (χ3v) is 7.26. The van der Waals surface area contributed by atoms with Crippen LogP contribution in [0.5, 0.6) is 11.5 Å². The highest BCUT2D eigenvalue weighted by atomic mass is 79.9. The Morgan fingerprint density at radius 2 is 1.89 bits per heavy atom. The molecule has 1 N–H and O–H groups in total. The first-order chi connectivity index (χ1) is 17.2. The third-order valence-electron chi connectivity index (χ3n) is 6.67. The zero-order valence-electron chi connectivity index (χ0n) is 20.2. The van der Waals surface area contributed by atoms with E-state index in [0.29, 0.717) is 31.1 Å². The summed E-state index contributed by atoms with van der Waals surface area (Å²) < 4.78 is 12.6. The van der Waals surface area contributed by atoms with Crippen molar-refractivity contribution in [2.75, 3.05) is 18.5 Å². The summed E-state index contributed by atoms with van der Waals surface area (Å²) in [6.07, 6.45) is 8.63. The predicted molar refractivity (Wildman–Crippen MR) is 148 cm³/mol. The molecule has 1 aliphatic heterocycles. The largest absolute Gasteiger partial charge is 0.490 e. The first-order valence-corrected chi connectivity index (χ1v) is 13.2. The number of ether oxygens (including phenoxy) is 2. The Morgan fingerprint density at radius 3 is 2.69 bits per heavy atom. The fourth-order valence-electron chi connectivity index (χ4n) is 5.06. The van der Waals surface area contributed by atoms with E-state index >= 15 is 0 Å². The summed E-state index contributed by atoms with van der Waals surface area (Å²) in [6, 6.07) is 21.6. The molecule has 2 aliphatic rings. The number of anilines is 1. The monoisotopic (exact) mass is 530 g/mol. The SMILES string of the molecule is CCCOc1c(Br)cc(C=Nc2ccc([C@@H]3Nc4ccccc4[C@@H]4C=CC[C@@H]43)cc2)cc1OCC. The van der Waals surface area contributed by atoms with Crippen LogP contribution in [-0.4, -0.2) is 19.4 Å². The van der Waals surface area contributed by atoms with Gasteiger partial charge in [-0.2, -0.15) is 0 Å². The van der Waals surface area contributed by atoms with Gasteiger partial charge in [-0.05, 0) is 88.6 Å². The molecular formula is C30H31BrN2O2. The van der Waals surface area contributed by atoms with Gasteiger partial charge in [0.1, 0.15) is 0 Å². The topological polar surface area (TPSA) is 42.8 Å². The molecule has 3 atom stereocenters. The molecule has 3 aromatic carbocycles. The molecule has 4 nitrogen and oxygen atoms in total. The van der Waals surface area contributed by atoms with Crippen LogP contribution >= 0.6 is 15.9 Å². The van der Waals surface area contributed by atoms with Crippen molar-refractivity contribution in [1.82, 2.24) is 0 Å². The quantitative estimate of drug-likeness (QED) is 0.235. The van der Waals surface area contributed by atoms with E-state index in [9.17, 15) is 0 Å². The average molecular weight is 531 g/mol. The van der Waals surface area contributed by atoms with Gasteiger partial charge in [0.05, 0.1) is 29.4 Å². The number of hydrogen-bond donors (Lipinski definition) is 1. The second-order valence-corrected chi connectivity index (χ2v) is 9.88. The molecule has 0 radical (unpaired) electrons. The number of halogens is 1. The lowest BCUT2D eigenvalue weighted by Gasteiger charge is -2.37. The summed E-state index contributed by atoms with van der Waals surface area (Å²) in [5.41, 5.74) is 5.84. The standard InChI is InChI=1S/C30H31BrN2O2/c1-3-16-35-30-26(31)17-20(18-28(30)34-4-2)19-32-22-14-12-21(13-15-22)29-25-10-7-9-23(25)24-8-5-6-11-27(24)33-29/h5-9,11-15,17-19,23,25,29,33H,3-4,10,16H2,1-2H3/t23-,25-,29-/m0/s1. The Balaban J connectivity index is 1.34. The zero-order valence-corrected chi connectivity index (χ0v) is 21.8. The minimum absolute atomic E-state index is 0.295. The van der Waals surface area contributed by atoms with Gasteiger partial charge in [0.25, 0.3) is 0 Å². The van der Waals surface area contributed by atoms with Crippen LogP contribution in [0.1, 0.15) is 55.3 Å². The lowest BCUT2D eigenvalue weighted by Crippen LogP contribution is -2.28. The van der Waals surface area contributed by atoms with Gasteiger partial charge in [-0.25, -0.2) is 0 Å². The molecule has 0 fully saturated rings. The van der Waals surface area contributed by atoms with E-state index in [2.05, 4.69) is 88.9 Å². The minimum atomic E-state index is 0.295. The van der Waals surface area contributed by atoms with Gasteiger partial charge in [0.15, 0.2) is 11.5 Å². The van der Waals surface area contributed by atoms with Crippen LogP contribution in [0, 0.1) is 5.92 Å². The summed E-state index contributed by atoms with van der Waals surface area (Å²) in [7, 11) is 0. The Labute approximate surface area is 216 Å². The van der Waals surface area contributed by atoms with E-state index in [4.69, 9.17) is 14.5 Å². The van der Waals surface area contributed by atoms with Gasteiger partial charge in [-0.15, -0.1) is 0 Å². The zero-order chi connectivity index (χ0) is 24.2. The van der Waals surface area contributed by atoms with Crippen LogP contribution in [-0.2, 0) is 0 Å². The maximum atomic E-state index is 5.88. The molecule has 0 aromatic heterocycles. The van der Waals surface area contributed by atoms with Crippen molar-refractivity contribution in [2.45, 2.75) is 38.6 Å². The number of allylic oxidation sites excluding steroid dienone is 2. The summed E-state index contributed by atoms with van der Waals surface area (Å²) in [5.74, 6) is 2.51. The summed E-state index contributed by atoms with van der Waals surface area (Å²) >= 11 is 3.63. The lowest BCUT2D eigenvalue weighted by atomic mass is 9.77. The highest BCUT2D eigenvalue weighted by Crippen LogP contribution is 2.49. The van der Waals surface area contributed by atoms with Crippen molar-refractivity contribution in [2.24, 2.45) is 10.9 Å². The second kappa shape index (κ2) is 10.7. The molecule has 35 heavy (non-hydrogen) atoms. The summed E-state index contributed by atoms with van der Waals surface area (Å²) in [5, 5.41) is 3.80. The lowest BCUT2D eigenvalue weighted by molar-refractivity contribution is 0.275. The first kappa shape index (κ1) is 23.7. The Morgan fingerprint density at radius 1 is 1.06 bits per heavy atom. The molecule has 0 saturated carbocycles. The summed E-state index contributed by atoms with van der Waals surface area (Å²) in [6.45, 7) is 5.29. The van der Waals surface area contributed by atoms with Gasteiger partial charge in [0.2, 0.25) is 0 Å². The van der Waals surface area contributed by atoms with E-state index in [1.807, 2.05) is 25.3 Å². The van der Waals surface area contributed by atoms with Gasteiger partial charge < -0.3 is 14.8 Å². The van der Waals surface area contributed by atoms with Crippen molar-refractivity contribution in [3.63, 3.8) is 0 Å². The maximum absolute atomic E-state index is 5.88. The Bertz CT molecular complexity index is 1240. The van der Waals surface area contributed by atoms with Crippen LogP contribution in [0.15, 0.2) is 82.3 Å². The van der Waals surface area contributed by atoms with E-state index in [1.54, 1.807) is 0 Å². The van der Waals surface area contributed by atoms with Crippen molar-refractivity contribution >= 4 is 33.5 Å². The van der Waals surface area contributed by atoms with E-state index in [-0.39, 0.29) is 0 Å². The van der Waals surface area contributed by atoms with Gasteiger partial charge in [-0.3, -0.25) is 4.99 Å². The normalized spacial score (nSPS) is 20.4. The van der Waals surface area contributed by atoms with Crippen LogP contribution in [0.2, 0.25) is 0 Å². The summed E-state index contributed by atoms with van der Waals surface area (Å²) in [4.78, 5) is 4.72. The van der Waals surface area contributed by atoms with E-state index < -0.39 is 0 Å². The minimum Gasteiger partial charge on any atom is -0.490 e. The average Bonchev–Trinajstić information content (AvgIpc) is 3.38. The Kier molecular flexibility index (Phi) is 7.24. The van der Waals surface area contributed by atoms with Crippen LogP contribution < -0.4 is 14.8 Å². The van der Waals surface area contributed by atoms with E-state index in [1.165, 1.54) is 16.8 Å². The molecule has 0 saturated heterocycles. The number of rotatable bonds is 8. The molecule has 180 valence electrons. The van der Waals surface area contributed by atoms with Gasteiger partial charge >= 0.3 is 0 Å². The van der Waals surface area contributed by atoms with Gasteiger partial charge in [0, 0.05) is 17.8 Å². The first-order valence-electron chi connectivity index (χ1n) is 12.4. The fourth-order valence-corrected chi connectivity index (χ4v) is 5.63. The number of benzene rings is 3. The highest BCUT2D eigenvalue weighted by molar-refractivity contribution is 9.10. The second-order valence-electron chi connectivity index (χ2n) is 9.02. The molecule has 5 rings (SSSR count). The number of aliphatic imine (C=N–C) groups is 1. The molecule has 0 amide bonds. The maximum Gasteiger partial charge on any atom is 0.175 e. The number of hydrogen-bond acceptors (Lipinski definition) is 4. The predicted octanol–water partition coefficient (Wildman–Crippen LogP) is 8.21. The molecule has 0 spiro atoms. The molecule has 3 aromatic rings. The Hall–Kier alpha value is -3.05. The number of para-hydroxylation sites is 1. The van der Waals surface area contributed by atoms with Crippen molar-refractivity contribution in [3.8, 4) is 11.5 Å². The van der Waals surface area contributed by atoms with Crippen molar-refractivity contribution < 1.29 is 9.47 Å². The molecule has 0 unspecified atom stereocenters. The third kappa shape index (κ3) is 5.01. The van der Waals surface area contributed by atoms with Gasteiger partial charge in [-0.1, -0.05) is 49.4 Å². The molecule has 5 heteroatoms. The molecule has 1 aliphatic carbocycles. The van der Waals surface area contributed by atoms with Crippen LogP contribution in [0.3, 0.4) is 0 Å². The highest BCUT2D eigenvalue weighted by Gasteiger charge is 2.37. The fraction of sp³-hybridized carbons (Fsp3) is 0.300. The molecular weight excluding hydrogens is 500 g/mol. The number of nitrogens with zero attached hydrogens (tertiary/aromatic N) is 1. The van der Waals surface area contributed by atoms with Crippen molar-refractivity contribution in [1.29, 1.82) is 0 Å². The molecule has 1 heterocycles. The van der Waals surface area contributed by atoms with Crippen molar-refractivity contribution in [3.05, 3.63) is 94.0 Å². The smallest absolute Gasteiger partial charge is 0.175 e. The van der Waals surface area contributed by atoms with E-state index in [0.717, 1.165) is 40.1 Å². The number of fused-ring (bicyclic) bond motifs is 3. The van der Waals surface area contributed by atoms with Crippen LogP contribution in [0.4, 0.5) is 11.4 Å². The number of nitrogens with one attached hydrogen (secondary N) is 1. The van der Waals surface area contributed by atoms with Crippen LogP contribution in [0.25, 0.3) is 0 Å². The molecule has 0 bridgehead atoms.